The molecule has 0 atom stereocenters. The summed E-state index contributed by atoms with van der Waals surface area (Å²) in [5.74, 6) is 0.303. The van der Waals surface area contributed by atoms with Crippen LogP contribution in [0.2, 0.25) is 0 Å². The molecule has 7 nitrogen and oxygen atoms in total. The summed E-state index contributed by atoms with van der Waals surface area (Å²) >= 11 is 0. The van der Waals surface area contributed by atoms with Crippen LogP contribution in [0.3, 0.4) is 0 Å². The van der Waals surface area contributed by atoms with Gasteiger partial charge in [0.1, 0.15) is 5.60 Å². The molecule has 1 aliphatic carbocycles. The van der Waals surface area contributed by atoms with Crippen LogP contribution < -0.4 is 10.8 Å². The minimum Gasteiger partial charge on any atom is -0.444 e. The third-order valence-corrected chi connectivity index (χ3v) is 4.90. The molecule has 0 bridgehead atoms. The summed E-state index contributed by atoms with van der Waals surface area (Å²) in [5.41, 5.74) is 0.375. The van der Waals surface area contributed by atoms with Crippen LogP contribution in [-0.4, -0.2) is 59.3 Å². The van der Waals surface area contributed by atoms with E-state index >= 15 is 0 Å². The van der Waals surface area contributed by atoms with Crippen LogP contribution in [0, 0.1) is 5.92 Å². The molecule has 3 N–H and O–H groups in total. The van der Waals surface area contributed by atoms with E-state index in [4.69, 9.17) is 14.8 Å². The molecule has 0 saturated heterocycles. The molecule has 8 heteroatoms. The van der Waals surface area contributed by atoms with Crippen LogP contribution in [0.4, 0.5) is 4.79 Å². The van der Waals surface area contributed by atoms with Crippen LogP contribution in [0.1, 0.15) is 56.8 Å². The Morgan fingerprint density at radius 2 is 1.71 bits per heavy atom. The van der Waals surface area contributed by atoms with Gasteiger partial charge in [-0.3, -0.25) is 4.79 Å². The maximum absolute atomic E-state index is 12.6. The van der Waals surface area contributed by atoms with Gasteiger partial charge in [-0.15, -0.1) is 0 Å². The van der Waals surface area contributed by atoms with Crippen molar-refractivity contribution in [2.24, 2.45) is 5.92 Å². The van der Waals surface area contributed by atoms with E-state index in [1.54, 1.807) is 36.2 Å². The molecular weight excluding hydrogens is 359 g/mol. The van der Waals surface area contributed by atoms with Crippen LogP contribution in [0.5, 0.6) is 0 Å². The molecule has 0 unspecified atom stereocenters. The number of nitrogens with zero attached hydrogens (tertiary/aromatic N) is 1. The number of rotatable bonds is 5. The van der Waals surface area contributed by atoms with Crippen molar-refractivity contribution >= 4 is 24.6 Å². The molecule has 1 fully saturated rings. The lowest BCUT2D eigenvalue weighted by atomic mass is 9.80. The normalized spacial score (nSPS) is 19.6. The van der Waals surface area contributed by atoms with Gasteiger partial charge < -0.3 is 25.0 Å². The average molecular weight is 390 g/mol. The molecule has 0 spiro atoms. The minimum atomic E-state index is -1.54. The number of benzene rings is 1. The van der Waals surface area contributed by atoms with Gasteiger partial charge in [0.05, 0.1) is 0 Å². The summed E-state index contributed by atoms with van der Waals surface area (Å²) in [4.78, 5) is 26.2. The summed E-state index contributed by atoms with van der Waals surface area (Å²) in [5, 5.41) is 21.2. The van der Waals surface area contributed by atoms with E-state index in [1.807, 2.05) is 20.8 Å². The van der Waals surface area contributed by atoms with E-state index in [0.717, 1.165) is 25.7 Å². The van der Waals surface area contributed by atoms with Crippen molar-refractivity contribution in [3.05, 3.63) is 29.8 Å². The molecule has 154 valence electrons. The van der Waals surface area contributed by atoms with E-state index in [-0.39, 0.29) is 18.0 Å². The van der Waals surface area contributed by atoms with Crippen molar-refractivity contribution in [2.45, 2.75) is 58.1 Å². The Bertz CT molecular complexity index is 664. The number of hydrogen-bond acceptors (Lipinski definition) is 5. The van der Waals surface area contributed by atoms with Gasteiger partial charge in [0.2, 0.25) is 0 Å². The summed E-state index contributed by atoms with van der Waals surface area (Å²) in [7, 11) is 0.244. The summed E-state index contributed by atoms with van der Waals surface area (Å²) in [6.07, 6.45) is 3.24. The summed E-state index contributed by atoms with van der Waals surface area (Å²) in [6, 6.07) is 6.41. The van der Waals surface area contributed by atoms with Gasteiger partial charge >= 0.3 is 13.2 Å². The van der Waals surface area contributed by atoms with Crippen molar-refractivity contribution in [2.75, 3.05) is 13.6 Å². The first-order chi connectivity index (χ1) is 13.0. The van der Waals surface area contributed by atoms with Gasteiger partial charge in [-0.1, -0.05) is 12.1 Å². The maximum atomic E-state index is 12.6. The zero-order valence-corrected chi connectivity index (χ0v) is 17.1. The molecule has 0 aliphatic heterocycles. The molecule has 1 saturated carbocycles. The predicted octanol–water partition coefficient (Wildman–Crippen LogP) is 1.52. The van der Waals surface area contributed by atoms with Gasteiger partial charge in [-0.05, 0) is 70.0 Å². The Balaban J connectivity index is 1.78. The lowest BCUT2D eigenvalue weighted by molar-refractivity contribution is 0.0485. The molecule has 0 aromatic heterocycles. The second-order valence-corrected chi connectivity index (χ2v) is 8.55. The van der Waals surface area contributed by atoms with Crippen LogP contribution in [-0.2, 0) is 4.74 Å². The Kier molecular flexibility index (Phi) is 7.49. The number of ether oxygens (including phenoxy) is 1. The van der Waals surface area contributed by atoms with Crippen LogP contribution >= 0.6 is 0 Å². The molecule has 1 aromatic carbocycles. The van der Waals surface area contributed by atoms with E-state index < -0.39 is 12.7 Å². The first-order valence-electron chi connectivity index (χ1n) is 9.76. The second kappa shape index (κ2) is 9.43. The second-order valence-electron chi connectivity index (χ2n) is 8.55. The molecular formula is C20H31BN2O5. The molecule has 1 aromatic rings. The Hall–Kier alpha value is -2.06. The molecule has 2 amide bonds. The Morgan fingerprint density at radius 3 is 2.21 bits per heavy atom. The highest BCUT2D eigenvalue weighted by Crippen LogP contribution is 2.25. The van der Waals surface area contributed by atoms with Crippen molar-refractivity contribution in [1.29, 1.82) is 0 Å². The van der Waals surface area contributed by atoms with E-state index in [9.17, 15) is 9.59 Å². The van der Waals surface area contributed by atoms with Crippen molar-refractivity contribution in [3.8, 4) is 0 Å². The third kappa shape index (κ3) is 6.84. The number of nitrogens with one attached hydrogen (secondary N) is 1. The SMILES string of the molecule is CN(CC1CCC(NC(=O)OC(C)(C)C)CC1)C(=O)c1ccc(B(O)O)cc1. The lowest BCUT2D eigenvalue weighted by Crippen LogP contribution is -2.42. The van der Waals surface area contributed by atoms with Crippen LogP contribution in [0.15, 0.2) is 24.3 Å². The molecule has 28 heavy (non-hydrogen) atoms. The Labute approximate surface area is 167 Å². The van der Waals surface area contributed by atoms with Gasteiger partial charge in [0.15, 0.2) is 0 Å². The average Bonchev–Trinajstić information content (AvgIpc) is 2.61. The van der Waals surface area contributed by atoms with Crippen LogP contribution in [0.25, 0.3) is 0 Å². The topological polar surface area (TPSA) is 99.1 Å². The predicted molar refractivity (Wildman–Crippen MR) is 108 cm³/mol. The Morgan fingerprint density at radius 1 is 1.14 bits per heavy atom. The fourth-order valence-electron chi connectivity index (χ4n) is 3.45. The third-order valence-electron chi connectivity index (χ3n) is 4.90. The zero-order valence-electron chi connectivity index (χ0n) is 17.1. The standard InChI is InChI=1S/C20H31BN2O5/c1-20(2,3)28-19(25)22-17-11-5-14(6-12-17)13-23(4)18(24)15-7-9-16(10-8-15)21(26)27/h7-10,14,17,26-27H,5-6,11-13H2,1-4H3,(H,22,25). The first kappa shape index (κ1) is 22.2. The molecule has 2 rings (SSSR count). The first-order valence-corrected chi connectivity index (χ1v) is 9.76. The monoisotopic (exact) mass is 390 g/mol. The number of hydrogen-bond donors (Lipinski definition) is 3. The number of carbonyl (C=O) groups is 2. The highest BCUT2D eigenvalue weighted by atomic mass is 16.6. The van der Waals surface area contributed by atoms with E-state index in [1.165, 1.54) is 0 Å². The lowest BCUT2D eigenvalue weighted by Gasteiger charge is -2.32. The fourth-order valence-corrected chi connectivity index (χ4v) is 3.45. The van der Waals surface area contributed by atoms with Crippen molar-refractivity contribution in [3.63, 3.8) is 0 Å². The van der Waals surface area contributed by atoms with Gasteiger partial charge in [-0.25, -0.2) is 4.79 Å². The molecule has 0 heterocycles. The zero-order chi connectivity index (χ0) is 20.9. The highest BCUT2D eigenvalue weighted by Gasteiger charge is 2.26. The fraction of sp³-hybridized carbons (Fsp3) is 0.600. The summed E-state index contributed by atoms with van der Waals surface area (Å²) < 4.78 is 5.30. The number of alkyl carbamates (subject to hydrolysis) is 1. The van der Waals surface area contributed by atoms with Gasteiger partial charge in [0, 0.05) is 25.2 Å². The largest absolute Gasteiger partial charge is 0.488 e. The van der Waals surface area contributed by atoms with E-state index in [0.29, 0.717) is 23.5 Å². The molecule has 0 radical (unpaired) electrons. The number of amides is 2. The highest BCUT2D eigenvalue weighted by molar-refractivity contribution is 6.58. The summed E-state index contributed by atoms with van der Waals surface area (Å²) in [6.45, 7) is 6.18. The van der Waals surface area contributed by atoms with E-state index in [2.05, 4.69) is 5.32 Å². The number of carbonyl (C=O) groups excluding carboxylic acids is 2. The molecule has 1 aliphatic rings. The quantitative estimate of drug-likeness (QED) is 0.663. The van der Waals surface area contributed by atoms with Crippen molar-refractivity contribution in [1.82, 2.24) is 10.2 Å². The smallest absolute Gasteiger partial charge is 0.444 e. The van der Waals surface area contributed by atoms with Gasteiger partial charge in [-0.2, -0.15) is 0 Å². The van der Waals surface area contributed by atoms with Crippen molar-refractivity contribution < 1.29 is 24.4 Å². The van der Waals surface area contributed by atoms with Gasteiger partial charge in [0.25, 0.3) is 5.91 Å². The minimum absolute atomic E-state index is 0.0898. The maximum Gasteiger partial charge on any atom is 0.488 e.